The third-order valence-corrected chi connectivity index (χ3v) is 3.37. The highest BCUT2D eigenvalue weighted by atomic mass is 32.2. The summed E-state index contributed by atoms with van der Waals surface area (Å²) in [6.07, 6.45) is 2.34. The molecule has 0 aromatic heterocycles. The van der Waals surface area contributed by atoms with E-state index in [4.69, 9.17) is 9.47 Å². The second-order valence-corrected chi connectivity index (χ2v) is 4.85. The monoisotopic (exact) mass is 256 g/mol. The van der Waals surface area contributed by atoms with Crippen molar-refractivity contribution in [1.82, 2.24) is 0 Å². The normalized spacial score (nSPS) is 12.3. The van der Waals surface area contributed by atoms with Crippen molar-refractivity contribution in [3.8, 4) is 11.5 Å². The number of thioether (sulfide) groups is 1. The SMILES string of the molecule is COc1cc(C)c(C(O)CCSC)cc1OC. The molecule has 0 amide bonds. The van der Waals surface area contributed by atoms with Crippen LogP contribution >= 0.6 is 11.8 Å². The standard InChI is InChI=1S/C13H20O3S/c1-9-7-12(15-2)13(16-3)8-10(9)11(14)5-6-17-4/h7-8,11,14H,5-6H2,1-4H3. The van der Waals surface area contributed by atoms with Gasteiger partial charge in [-0.15, -0.1) is 0 Å². The molecule has 0 aliphatic carbocycles. The molecule has 1 unspecified atom stereocenters. The second-order valence-electron chi connectivity index (χ2n) is 3.86. The van der Waals surface area contributed by atoms with Crippen LogP contribution in [0.1, 0.15) is 23.7 Å². The topological polar surface area (TPSA) is 38.7 Å². The van der Waals surface area contributed by atoms with Crippen LogP contribution in [0.4, 0.5) is 0 Å². The van der Waals surface area contributed by atoms with Crippen LogP contribution in [-0.2, 0) is 0 Å². The molecular weight excluding hydrogens is 236 g/mol. The molecule has 0 fully saturated rings. The molecule has 4 heteroatoms. The molecule has 1 N–H and O–H groups in total. The predicted molar refractivity (Wildman–Crippen MR) is 72.2 cm³/mol. The Bertz CT molecular complexity index is 366. The molecule has 0 aliphatic rings. The summed E-state index contributed by atoms with van der Waals surface area (Å²) in [6.45, 7) is 1.97. The molecule has 0 spiro atoms. The molecule has 0 saturated carbocycles. The predicted octanol–water partition coefficient (Wildman–Crippen LogP) is 2.80. The highest BCUT2D eigenvalue weighted by Gasteiger charge is 2.14. The van der Waals surface area contributed by atoms with Crippen LogP contribution in [0.3, 0.4) is 0 Å². The third-order valence-electron chi connectivity index (χ3n) is 2.73. The lowest BCUT2D eigenvalue weighted by atomic mass is 10.0. The Labute approximate surface area is 107 Å². The van der Waals surface area contributed by atoms with E-state index < -0.39 is 6.10 Å². The van der Waals surface area contributed by atoms with Gasteiger partial charge >= 0.3 is 0 Å². The van der Waals surface area contributed by atoms with Gasteiger partial charge in [0.1, 0.15) is 0 Å². The molecule has 0 saturated heterocycles. The fourth-order valence-electron chi connectivity index (χ4n) is 1.74. The Kier molecular flexibility index (Phi) is 5.65. The minimum atomic E-state index is -0.442. The van der Waals surface area contributed by atoms with Gasteiger partial charge in [0.25, 0.3) is 0 Å². The zero-order chi connectivity index (χ0) is 12.8. The third kappa shape index (κ3) is 3.54. The molecule has 0 bridgehead atoms. The molecular formula is C13H20O3S. The van der Waals surface area contributed by atoms with E-state index in [2.05, 4.69) is 0 Å². The fourth-order valence-corrected chi connectivity index (χ4v) is 2.20. The largest absolute Gasteiger partial charge is 0.493 e. The van der Waals surface area contributed by atoms with Crippen molar-refractivity contribution in [3.05, 3.63) is 23.3 Å². The van der Waals surface area contributed by atoms with Gasteiger partial charge in [0.2, 0.25) is 0 Å². The molecule has 17 heavy (non-hydrogen) atoms. The van der Waals surface area contributed by atoms with E-state index in [1.165, 1.54) is 0 Å². The van der Waals surface area contributed by atoms with Crippen LogP contribution in [-0.4, -0.2) is 31.3 Å². The summed E-state index contributed by atoms with van der Waals surface area (Å²) in [5, 5.41) is 10.1. The maximum absolute atomic E-state index is 10.1. The number of methoxy groups -OCH3 is 2. The maximum atomic E-state index is 10.1. The minimum absolute atomic E-state index is 0.442. The van der Waals surface area contributed by atoms with Gasteiger partial charge in [-0.1, -0.05) is 0 Å². The van der Waals surface area contributed by atoms with E-state index in [0.717, 1.165) is 23.3 Å². The van der Waals surface area contributed by atoms with Crippen molar-refractivity contribution >= 4 is 11.8 Å². The number of hydrogen-bond acceptors (Lipinski definition) is 4. The van der Waals surface area contributed by atoms with Gasteiger partial charge in [0.15, 0.2) is 11.5 Å². The first kappa shape index (κ1) is 14.2. The summed E-state index contributed by atoms with van der Waals surface area (Å²) in [7, 11) is 3.21. The first-order valence-corrected chi connectivity index (χ1v) is 6.93. The molecule has 3 nitrogen and oxygen atoms in total. The Morgan fingerprint density at radius 1 is 1.24 bits per heavy atom. The average molecular weight is 256 g/mol. The molecule has 1 atom stereocenters. The Balaban J connectivity index is 2.99. The lowest BCUT2D eigenvalue weighted by Crippen LogP contribution is -2.03. The Morgan fingerprint density at radius 2 is 1.82 bits per heavy atom. The number of ether oxygens (including phenoxy) is 2. The second kappa shape index (κ2) is 6.77. The zero-order valence-electron chi connectivity index (χ0n) is 10.8. The number of rotatable bonds is 6. The number of hydrogen-bond donors (Lipinski definition) is 1. The van der Waals surface area contributed by atoms with Crippen molar-refractivity contribution in [2.75, 3.05) is 26.2 Å². The van der Waals surface area contributed by atoms with E-state index >= 15 is 0 Å². The first-order chi connectivity index (χ1) is 8.13. The summed E-state index contributed by atoms with van der Waals surface area (Å²) in [4.78, 5) is 0. The quantitative estimate of drug-likeness (QED) is 0.849. The van der Waals surface area contributed by atoms with Gasteiger partial charge < -0.3 is 14.6 Å². The zero-order valence-corrected chi connectivity index (χ0v) is 11.6. The molecule has 0 radical (unpaired) electrons. The van der Waals surface area contributed by atoms with E-state index in [-0.39, 0.29) is 0 Å². The fraction of sp³-hybridized carbons (Fsp3) is 0.538. The van der Waals surface area contributed by atoms with Crippen LogP contribution in [0.15, 0.2) is 12.1 Å². The van der Waals surface area contributed by atoms with E-state index in [1.807, 2.05) is 25.3 Å². The maximum Gasteiger partial charge on any atom is 0.161 e. The molecule has 0 heterocycles. The van der Waals surface area contributed by atoms with Gasteiger partial charge in [0.05, 0.1) is 20.3 Å². The molecule has 1 aromatic carbocycles. The molecule has 96 valence electrons. The first-order valence-electron chi connectivity index (χ1n) is 5.53. The highest BCUT2D eigenvalue weighted by molar-refractivity contribution is 7.98. The summed E-state index contributed by atoms with van der Waals surface area (Å²) < 4.78 is 10.5. The van der Waals surface area contributed by atoms with Gasteiger partial charge in [-0.3, -0.25) is 0 Å². The van der Waals surface area contributed by atoms with Gasteiger partial charge in [-0.2, -0.15) is 11.8 Å². The number of aliphatic hydroxyl groups is 1. The van der Waals surface area contributed by atoms with Crippen molar-refractivity contribution in [1.29, 1.82) is 0 Å². The van der Waals surface area contributed by atoms with Crippen LogP contribution in [0.5, 0.6) is 11.5 Å². The van der Waals surface area contributed by atoms with E-state index in [9.17, 15) is 5.11 Å². The van der Waals surface area contributed by atoms with Crippen molar-refractivity contribution in [2.24, 2.45) is 0 Å². The molecule has 1 rings (SSSR count). The number of aryl methyl sites for hydroxylation is 1. The van der Waals surface area contributed by atoms with Crippen LogP contribution < -0.4 is 9.47 Å². The molecule has 1 aromatic rings. The van der Waals surface area contributed by atoms with Crippen molar-refractivity contribution in [2.45, 2.75) is 19.4 Å². The van der Waals surface area contributed by atoms with Crippen molar-refractivity contribution in [3.63, 3.8) is 0 Å². The lowest BCUT2D eigenvalue weighted by molar-refractivity contribution is 0.173. The highest BCUT2D eigenvalue weighted by Crippen LogP contribution is 2.33. The average Bonchev–Trinajstić information content (AvgIpc) is 2.35. The van der Waals surface area contributed by atoms with Gasteiger partial charge in [0, 0.05) is 0 Å². The summed E-state index contributed by atoms with van der Waals surface area (Å²) in [5.41, 5.74) is 1.94. The summed E-state index contributed by atoms with van der Waals surface area (Å²) >= 11 is 1.73. The Hall–Kier alpha value is -0.870. The van der Waals surface area contributed by atoms with Crippen LogP contribution in [0, 0.1) is 6.92 Å². The summed E-state index contributed by atoms with van der Waals surface area (Å²) in [6, 6.07) is 3.76. The van der Waals surface area contributed by atoms with Gasteiger partial charge in [-0.25, -0.2) is 0 Å². The van der Waals surface area contributed by atoms with Gasteiger partial charge in [-0.05, 0) is 48.6 Å². The lowest BCUT2D eigenvalue weighted by Gasteiger charge is -2.16. The van der Waals surface area contributed by atoms with Crippen LogP contribution in [0.25, 0.3) is 0 Å². The van der Waals surface area contributed by atoms with Crippen LogP contribution in [0.2, 0.25) is 0 Å². The van der Waals surface area contributed by atoms with Crippen molar-refractivity contribution < 1.29 is 14.6 Å². The summed E-state index contributed by atoms with van der Waals surface area (Å²) in [5.74, 6) is 2.30. The minimum Gasteiger partial charge on any atom is -0.493 e. The molecule has 0 aliphatic heterocycles. The number of benzene rings is 1. The smallest absolute Gasteiger partial charge is 0.161 e. The van der Waals surface area contributed by atoms with E-state index in [1.54, 1.807) is 26.0 Å². The Morgan fingerprint density at radius 3 is 2.35 bits per heavy atom. The van der Waals surface area contributed by atoms with E-state index in [0.29, 0.717) is 11.5 Å². The number of aliphatic hydroxyl groups excluding tert-OH is 1.